The van der Waals surface area contributed by atoms with Crippen LogP contribution < -0.4 is 5.32 Å². The number of carbonyl (C=O) groups excluding carboxylic acids is 2. The van der Waals surface area contributed by atoms with E-state index in [1.165, 1.54) is 10.6 Å². The number of likely N-dealkylation sites (tertiary alicyclic amines) is 1. The van der Waals surface area contributed by atoms with Gasteiger partial charge in [-0.25, -0.2) is 8.42 Å². The molecule has 2 saturated heterocycles. The van der Waals surface area contributed by atoms with Gasteiger partial charge in [0, 0.05) is 45.1 Å². The zero-order valence-electron chi connectivity index (χ0n) is 13.2. The second kappa shape index (κ2) is 6.95. The SMILES string of the molecule is CC(=O)N1CCC(C(=O)NCC2CCCN2S(C)(=O)=O)CC1. The van der Waals surface area contributed by atoms with E-state index in [1.54, 1.807) is 11.8 Å². The Hall–Kier alpha value is -1.15. The van der Waals surface area contributed by atoms with Crippen molar-refractivity contribution in [2.45, 2.75) is 38.6 Å². The summed E-state index contributed by atoms with van der Waals surface area (Å²) in [6, 6.07) is -0.128. The van der Waals surface area contributed by atoms with Gasteiger partial charge in [-0.15, -0.1) is 0 Å². The van der Waals surface area contributed by atoms with Crippen molar-refractivity contribution >= 4 is 21.8 Å². The molecule has 2 aliphatic rings. The maximum absolute atomic E-state index is 12.2. The van der Waals surface area contributed by atoms with Crippen LogP contribution >= 0.6 is 0 Å². The van der Waals surface area contributed by atoms with Gasteiger partial charge in [-0.2, -0.15) is 4.31 Å². The van der Waals surface area contributed by atoms with Gasteiger partial charge in [0.25, 0.3) is 0 Å². The van der Waals surface area contributed by atoms with Gasteiger partial charge in [-0.05, 0) is 25.7 Å². The quantitative estimate of drug-likeness (QED) is 0.772. The lowest BCUT2D eigenvalue weighted by atomic mass is 9.96. The summed E-state index contributed by atoms with van der Waals surface area (Å²) in [5.41, 5.74) is 0. The fourth-order valence-corrected chi connectivity index (χ4v) is 4.45. The first-order chi connectivity index (χ1) is 10.3. The summed E-state index contributed by atoms with van der Waals surface area (Å²) in [6.45, 7) is 3.69. The first-order valence-corrected chi connectivity index (χ1v) is 9.64. The number of nitrogens with one attached hydrogen (secondary N) is 1. The van der Waals surface area contributed by atoms with Gasteiger partial charge in [0.1, 0.15) is 0 Å². The molecule has 2 fully saturated rings. The average molecular weight is 331 g/mol. The molecule has 0 aromatic carbocycles. The van der Waals surface area contributed by atoms with Crippen LogP contribution in [0.15, 0.2) is 0 Å². The average Bonchev–Trinajstić information content (AvgIpc) is 2.93. The van der Waals surface area contributed by atoms with Gasteiger partial charge in [-0.3, -0.25) is 9.59 Å². The monoisotopic (exact) mass is 331 g/mol. The van der Waals surface area contributed by atoms with E-state index in [9.17, 15) is 18.0 Å². The third kappa shape index (κ3) is 4.19. The lowest BCUT2D eigenvalue weighted by molar-refractivity contribution is -0.133. The highest BCUT2D eigenvalue weighted by Crippen LogP contribution is 2.21. The summed E-state index contributed by atoms with van der Waals surface area (Å²) >= 11 is 0. The van der Waals surface area contributed by atoms with Crippen molar-refractivity contribution in [2.24, 2.45) is 5.92 Å². The van der Waals surface area contributed by atoms with Crippen molar-refractivity contribution < 1.29 is 18.0 Å². The van der Waals surface area contributed by atoms with Crippen LogP contribution in [0.3, 0.4) is 0 Å². The normalized spacial score (nSPS) is 24.5. The summed E-state index contributed by atoms with van der Waals surface area (Å²) in [5.74, 6) is -0.0548. The Morgan fingerprint density at radius 3 is 2.32 bits per heavy atom. The number of amides is 2. The van der Waals surface area contributed by atoms with Crippen LogP contribution in [0.1, 0.15) is 32.6 Å². The van der Waals surface area contributed by atoms with Crippen molar-refractivity contribution in [1.82, 2.24) is 14.5 Å². The van der Waals surface area contributed by atoms with Crippen molar-refractivity contribution in [1.29, 1.82) is 0 Å². The summed E-state index contributed by atoms with van der Waals surface area (Å²) < 4.78 is 24.8. The molecule has 8 heteroatoms. The Morgan fingerprint density at radius 1 is 1.14 bits per heavy atom. The van der Waals surface area contributed by atoms with E-state index in [0.29, 0.717) is 39.0 Å². The minimum absolute atomic E-state index is 0.0245. The highest BCUT2D eigenvalue weighted by Gasteiger charge is 2.32. The molecule has 0 aromatic rings. The first-order valence-electron chi connectivity index (χ1n) is 7.79. The number of piperidine rings is 1. The van der Waals surface area contributed by atoms with Gasteiger partial charge in [0.2, 0.25) is 21.8 Å². The maximum Gasteiger partial charge on any atom is 0.223 e. The van der Waals surface area contributed by atoms with E-state index in [1.807, 2.05) is 0 Å². The highest BCUT2D eigenvalue weighted by molar-refractivity contribution is 7.88. The molecular weight excluding hydrogens is 306 g/mol. The summed E-state index contributed by atoms with van der Waals surface area (Å²) in [6.07, 6.45) is 4.18. The Morgan fingerprint density at radius 2 is 1.77 bits per heavy atom. The standard InChI is InChI=1S/C14H25N3O4S/c1-11(18)16-8-5-12(6-9-16)14(19)15-10-13-4-3-7-17(13)22(2,20)21/h12-13H,3-10H2,1-2H3,(H,15,19). The zero-order chi connectivity index (χ0) is 16.3. The number of hydrogen-bond acceptors (Lipinski definition) is 4. The number of nitrogens with zero attached hydrogens (tertiary/aromatic N) is 2. The molecule has 0 spiro atoms. The second-order valence-corrected chi connectivity index (χ2v) is 8.13. The number of hydrogen-bond donors (Lipinski definition) is 1. The molecule has 7 nitrogen and oxygen atoms in total. The summed E-state index contributed by atoms with van der Waals surface area (Å²) in [7, 11) is -3.20. The number of rotatable bonds is 4. The maximum atomic E-state index is 12.2. The fourth-order valence-electron chi connectivity index (χ4n) is 3.27. The third-order valence-corrected chi connectivity index (χ3v) is 5.90. The van der Waals surface area contributed by atoms with Crippen LogP contribution in [0.4, 0.5) is 0 Å². The van der Waals surface area contributed by atoms with Gasteiger partial charge >= 0.3 is 0 Å². The predicted molar refractivity (Wildman–Crippen MR) is 82.6 cm³/mol. The molecule has 0 aromatic heterocycles. The van der Waals surface area contributed by atoms with E-state index in [-0.39, 0.29) is 23.8 Å². The lowest BCUT2D eigenvalue weighted by Gasteiger charge is -2.31. The van der Waals surface area contributed by atoms with E-state index in [0.717, 1.165) is 12.8 Å². The first kappa shape index (κ1) is 17.2. The molecule has 2 heterocycles. The molecule has 2 rings (SSSR count). The van der Waals surface area contributed by atoms with E-state index >= 15 is 0 Å². The Balaban J connectivity index is 1.80. The fraction of sp³-hybridized carbons (Fsp3) is 0.857. The van der Waals surface area contributed by atoms with Crippen molar-refractivity contribution in [3.8, 4) is 0 Å². The number of carbonyl (C=O) groups is 2. The summed E-state index contributed by atoms with van der Waals surface area (Å²) in [5, 5.41) is 2.89. The van der Waals surface area contributed by atoms with Crippen LogP contribution in [0, 0.1) is 5.92 Å². The van der Waals surface area contributed by atoms with Crippen LogP contribution in [0.25, 0.3) is 0 Å². The van der Waals surface area contributed by atoms with Crippen LogP contribution in [0.2, 0.25) is 0 Å². The van der Waals surface area contributed by atoms with Crippen molar-refractivity contribution in [3.05, 3.63) is 0 Å². The molecule has 1 atom stereocenters. The molecule has 1 N–H and O–H groups in total. The van der Waals surface area contributed by atoms with Crippen molar-refractivity contribution in [2.75, 3.05) is 32.4 Å². The minimum Gasteiger partial charge on any atom is -0.354 e. The third-order valence-electron chi connectivity index (χ3n) is 4.57. The van der Waals surface area contributed by atoms with Crippen LogP contribution in [-0.4, -0.2) is 67.9 Å². The molecule has 0 bridgehead atoms. The smallest absolute Gasteiger partial charge is 0.223 e. The molecule has 2 amide bonds. The van der Waals surface area contributed by atoms with Crippen LogP contribution in [-0.2, 0) is 19.6 Å². The number of sulfonamides is 1. The van der Waals surface area contributed by atoms with Crippen molar-refractivity contribution in [3.63, 3.8) is 0 Å². The highest BCUT2D eigenvalue weighted by atomic mass is 32.2. The summed E-state index contributed by atoms with van der Waals surface area (Å²) in [4.78, 5) is 25.2. The molecule has 0 aliphatic carbocycles. The van der Waals surface area contributed by atoms with E-state index < -0.39 is 10.0 Å². The molecule has 2 aliphatic heterocycles. The van der Waals surface area contributed by atoms with Crippen LogP contribution in [0.5, 0.6) is 0 Å². The molecule has 0 saturated carbocycles. The Labute approximate surface area is 132 Å². The topological polar surface area (TPSA) is 86.8 Å². The lowest BCUT2D eigenvalue weighted by Crippen LogP contribution is -2.46. The van der Waals surface area contributed by atoms with E-state index in [2.05, 4.69) is 5.32 Å². The van der Waals surface area contributed by atoms with Gasteiger partial charge in [0.05, 0.1) is 6.26 Å². The van der Waals surface area contributed by atoms with E-state index in [4.69, 9.17) is 0 Å². The Kier molecular flexibility index (Phi) is 5.44. The molecule has 1 unspecified atom stereocenters. The molecule has 22 heavy (non-hydrogen) atoms. The van der Waals surface area contributed by atoms with Gasteiger partial charge in [0.15, 0.2) is 0 Å². The second-order valence-electron chi connectivity index (χ2n) is 6.20. The van der Waals surface area contributed by atoms with Gasteiger partial charge < -0.3 is 10.2 Å². The molecule has 0 radical (unpaired) electrons. The molecular formula is C14H25N3O4S. The Bertz CT molecular complexity index is 526. The molecule has 126 valence electrons. The largest absolute Gasteiger partial charge is 0.354 e. The minimum atomic E-state index is -3.20. The van der Waals surface area contributed by atoms with Gasteiger partial charge in [-0.1, -0.05) is 0 Å². The predicted octanol–water partition coefficient (Wildman–Crippen LogP) is -0.215. The zero-order valence-corrected chi connectivity index (χ0v) is 14.1.